The first-order valence-electron chi connectivity index (χ1n) is 12.0. The van der Waals surface area contributed by atoms with Gasteiger partial charge in [0.2, 0.25) is 0 Å². The lowest BCUT2D eigenvalue weighted by Crippen LogP contribution is -2.40. The Labute approximate surface area is 207 Å². The molecule has 2 aliphatic carbocycles. The highest BCUT2D eigenvalue weighted by Crippen LogP contribution is 2.42. The fraction of sp³-hybridized carbons (Fsp3) is 0.500. The van der Waals surface area contributed by atoms with Gasteiger partial charge in [0.1, 0.15) is 0 Å². The number of nitrogens with two attached hydrogens (primary N) is 1. The molecule has 0 atom stereocenters. The Hall–Kier alpha value is -3.14. The van der Waals surface area contributed by atoms with Crippen molar-refractivity contribution >= 4 is 17.4 Å². The van der Waals surface area contributed by atoms with Crippen LogP contribution in [0.3, 0.4) is 0 Å². The van der Waals surface area contributed by atoms with Gasteiger partial charge in [-0.3, -0.25) is 9.59 Å². The van der Waals surface area contributed by atoms with Crippen molar-refractivity contribution in [1.82, 2.24) is 9.78 Å². The molecule has 1 amide bonds. The predicted octanol–water partition coefficient (Wildman–Crippen LogP) is 4.44. The van der Waals surface area contributed by atoms with Gasteiger partial charge in [-0.1, -0.05) is 19.9 Å². The molecule has 0 aliphatic heterocycles. The molecule has 4 rings (SSSR count). The molecule has 194 valence electrons. The maximum Gasteiger partial charge on any atom is 0.435 e. The summed E-state index contributed by atoms with van der Waals surface area (Å²) >= 11 is 0. The van der Waals surface area contributed by atoms with Crippen LogP contribution < -0.4 is 10.6 Å². The van der Waals surface area contributed by atoms with Gasteiger partial charge in [0.05, 0.1) is 34.3 Å². The number of ketones is 1. The van der Waals surface area contributed by atoms with E-state index in [4.69, 9.17) is 5.73 Å². The van der Waals surface area contributed by atoms with Crippen LogP contribution in [0.4, 0.5) is 18.9 Å². The molecule has 2 aromatic rings. The smallest absolute Gasteiger partial charge is 0.393 e. The van der Waals surface area contributed by atoms with Crippen LogP contribution in [0.5, 0.6) is 0 Å². The summed E-state index contributed by atoms with van der Waals surface area (Å²) in [5, 5.41) is 13.8. The van der Waals surface area contributed by atoms with Crippen molar-refractivity contribution in [2.45, 2.75) is 70.7 Å². The van der Waals surface area contributed by atoms with E-state index in [-0.39, 0.29) is 41.8 Å². The molecule has 0 radical (unpaired) electrons. The summed E-state index contributed by atoms with van der Waals surface area (Å²) in [6.07, 6.45) is -0.703. The topological polar surface area (TPSA) is 101 Å². The SMILES string of the molecule is C=CCN(c1cc(-n2nc(C(F)(F)F)c3c2CC(C)(C)CC3=O)ccc1C(N)=O)C1CCC(O)CC1. The lowest BCUT2D eigenvalue weighted by Gasteiger charge is -2.37. The van der Waals surface area contributed by atoms with Crippen molar-refractivity contribution in [3.05, 3.63) is 53.4 Å². The van der Waals surface area contributed by atoms with E-state index < -0.39 is 29.0 Å². The van der Waals surface area contributed by atoms with E-state index in [0.717, 1.165) is 0 Å². The predicted molar refractivity (Wildman–Crippen MR) is 129 cm³/mol. The molecule has 1 heterocycles. The number of aliphatic hydroxyl groups is 1. The van der Waals surface area contributed by atoms with Crippen LogP contribution in [0.25, 0.3) is 5.69 Å². The zero-order valence-electron chi connectivity index (χ0n) is 20.4. The molecule has 1 aromatic heterocycles. The molecule has 2 aliphatic rings. The number of primary amides is 1. The Morgan fingerprint density at radius 1 is 1.28 bits per heavy atom. The van der Waals surface area contributed by atoms with Crippen LogP contribution >= 0.6 is 0 Å². The van der Waals surface area contributed by atoms with Crippen LogP contribution in [0.2, 0.25) is 0 Å². The first kappa shape index (κ1) is 25.9. The number of rotatable bonds is 6. The minimum Gasteiger partial charge on any atom is -0.393 e. The fourth-order valence-corrected chi connectivity index (χ4v) is 5.41. The van der Waals surface area contributed by atoms with Crippen LogP contribution in [0.15, 0.2) is 30.9 Å². The highest BCUT2D eigenvalue weighted by Gasteiger charge is 2.45. The second kappa shape index (κ2) is 9.38. The number of aliphatic hydroxyl groups excluding tert-OH is 1. The second-order valence-corrected chi connectivity index (χ2v) is 10.5. The van der Waals surface area contributed by atoms with E-state index in [1.165, 1.54) is 16.8 Å². The van der Waals surface area contributed by atoms with Gasteiger partial charge in [0.25, 0.3) is 5.91 Å². The largest absolute Gasteiger partial charge is 0.435 e. The Bertz CT molecular complexity index is 1190. The highest BCUT2D eigenvalue weighted by atomic mass is 19.4. The van der Waals surface area contributed by atoms with Crippen molar-refractivity contribution in [2.24, 2.45) is 11.1 Å². The van der Waals surface area contributed by atoms with Crippen molar-refractivity contribution in [3.8, 4) is 5.69 Å². The average Bonchev–Trinajstić information content (AvgIpc) is 3.17. The number of amides is 1. The molecule has 0 spiro atoms. The van der Waals surface area contributed by atoms with Crippen LogP contribution in [-0.4, -0.2) is 45.3 Å². The van der Waals surface area contributed by atoms with E-state index in [0.29, 0.717) is 43.6 Å². The van der Waals surface area contributed by atoms with Crippen molar-refractivity contribution in [3.63, 3.8) is 0 Å². The number of aromatic nitrogens is 2. The number of alkyl halides is 3. The van der Waals surface area contributed by atoms with Gasteiger partial charge in [-0.2, -0.15) is 18.3 Å². The minimum atomic E-state index is -4.79. The minimum absolute atomic E-state index is 0.00127. The number of fused-ring (bicyclic) bond motifs is 1. The van der Waals surface area contributed by atoms with Crippen LogP contribution in [0, 0.1) is 5.41 Å². The summed E-state index contributed by atoms with van der Waals surface area (Å²) < 4.78 is 42.9. The number of hydrogen-bond donors (Lipinski definition) is 2. The summed E-state index contributed by atoms with van der Waals surface area (Å²) in [5.41, 5.74) is 4.75. The Morgan fingerprint density at radius 3 is 2.53 bits per heavy atom. The van der Waals surface area contributed by atoms with Crippen LogP contribution in [-0.2, 0) is 12.6 Å². The number of benzene rings is 1. The third kappa shape index (κ3) is 4.91. The number of carbonyl (C=O) groups is 2. The molecule has 3 N–H and O–H groups in total. The maximum atomic E-state index is 13.9. The van der Waals surface area contributed by atoms with Gasteiger partial charge in [-0.15, -0.1) is 6.58 Å². The van der Waals surface area contributed by atoms with E-state index >= 15 is 0 Å². The third-order valence-electron chi connectivity index (χ3n) is 7.05. The van der Waals surface area contributed by atoms with Crippen molar-refractivity contribution in [2.75, 3.05) is 11.4 Å². The molecule has 36 heavy (non-hydrogen) atoms. The van der Waals surface area contributed by atoms with Crippen LogP contribution in [0.1, 0.15) is 78.1 Å². The van der Waals surface area contributed by atoms with Gasteiger partial charge in [-0.25, -0.2) is 4.68 Å². The van der Waals surface area contributed by atoms with Gasteiger partial charge < -0.3 is 15.7 Å². The molecule has 7 nitrogen and oxygen atoms in total. The first-order chi connectivity index (χ1) is 16.8. The molecule has 10 heteroatoms. The monoisotopic (exact) mass is 504 g/mol. The van der Waals surface area contributed by atoms with Crippen molar-refractivity contribution < 1.29 is 27.9 Å². The Balaban J connectivity index is 1.89. The summed E-state index contributed by atoms with van der Waals surface area (Å²) in [5.74, 6) is -1.25. The molecule has 1 aromatic carbocycles. The lowest BCUT2D eigenvalue weighted by molar-refractivity contribution is -0.141. The van der Waals surface area contributed by atoms with E-state index in [2.05, 4.69) is 11.7 Å². The van der Waals surface area contributed by atoms with Gasteiger partial charge in [0.15, 0.2) is 11.5 Å². The number of anilines is 1. The van der Waals surface area contributed by atoms with Gasteiger partial charge >= 0.3 is 6.18 Å². The van der Waals surface area contributed by atoms with E-state index in [1.807, 2.05) is 18.7 Å². The molecular weight excluding hydrogens is 473 g/mol. The summed E-state index contributed by atoms with van der Waals surface area (Å²) in [6.45, 7) is 7.87. The molecular formula is C26H31F3N4O3. The maximum absolute atomic E-state index is 13.9. The van der Waals surface area contributed by atoms with Gasteiger partial charge in [-0.05, 0) is 55.7 Å². The number of carbonyl (C=O) groups excluding carboxylic acids is 2. The molecule has 1 saturated carbocycles. The van der Waals surface area contributed by atoms with E-state index in [1.54, 1.807) is 12.1 Å². The molecule has 0 unspecified atom stereocenters. The normalized spacial score (nSPS) is 21.7. The molecule has 1 fully saturated rings. The third-order valence-corrected chi connectivity index (χ3v) is 7.05. The lowest BCUT2D eigenvalue weighted by atomic mass is 9.75. The molecule has 0 bridgehead atoms. The fourth-order valence-electron chi connectivity index (χ4n) is 5.41. The first-order valence-corrected chi connectivity index (χ1v) is 12.0. The zero-order chi connectivity index (χ0) is 26.4. The van der Waals surface area contributed by atoms with E-state index in [9.17, 15) is 27.9 Å². The Kier molecular flexibility index (Phi) is 6.76. The average molecular weight is 505 g/mol. The number of nitrogens with zero attached hydrogens (tertiary/aromatic N) is 3. The number of Topliss-reactive ketones (excluding diaryl/α,β-unsaturated/α-hetero) is 1. The second-order valence-electron chi connectivity index (χ2n) is 10.5. The number of hydrogen-bond acceptors (Lipinski definition) is 5. The summed E-state index contributed by atoms with van der Waals surface area (Å²) in [7, 11) is 0. The number of halogens is 3. The van der Waals surface area contributed by atoms with Gasteiger partial charge in [0, 0.05) is 19.0 Å². The Morgan fingerprint density at radius 2 is 1.94 bits per heavy atom. The summed E-state index contributed by atoms with van der Waals surface area (Å²) in [4.78, 5) is 27.1. The zero-order valence-corrected chi connectivity index (χ0v) is 20.4. The standard InChI is InChI=1S/C26H31F3N4O3/c1-4-11-32(15-5-8-17(34)9-6-15)19-12-16(7-10-18(19)24(30)36)33-20-13-25(2,3)14-21(35)22(20)23(31-33)26(27,28)29/h4,7,10,12,15,17,34H,1,5-6,8-9,11,13-14H2,2-3H3,(H2,30,36). The summed E-state index contributed by atoms with van der Waals surface area (Å²) in [6, 6.07) is 4.57. The molecule has 0 saturated heterocycles. The highest BCUT2D eigenvalue weighted by molar-refractivity contribution is 6.01. The van der Waals surface area contributed by atoms with Crippen molar-refractivity contribution in [1.29, 1.82) is 0 Å². The quantitative estimate of drug-likeness (QED) is 0.567.